The highest BCUT2D eigenvalue weighted by Gasteiger charge is 2.01. The summed E-state index contributed by atoms with van der Waals surface area (Å²) in [7, 11) is 0. The lowest BCUT2D eigenvalue weighted by molar-refractivity contribution is -0.145. The van der Waals surface area contributed by atoms with E-state index < -0.39 is 12.1 Å². The second-order valence-corrected chi connectivity index (χ2v) is 2.50. The summed E-state index contributed by atoms with van der Waals surface area (Å²) in [4.78, 5) is 9.45. The number of benzene rings is 1. The molecule has 0 aliphatic rings. The molecule has 5 nitrogen and oxygen atoms in total. The number of aliphatic hydroxyl groups excluding tert-OH is 1. The van der Waals surface area contributed by atoms with Crippen molar-refractivity contribution in [1.29, 1.82) is 0 Å². The molecule has 0 radical (unpaired) electrons. The maximum absolute atomic E-state index is 9.45. The van der Waals surface area contributed by atoms with Crippen molar-refractivity contribution >= 4 is 5.97 Å². The predicted octanol–water partition coefficient (Wildman–Crippen LogP) is 0.550. The summed E-state index contributed by atoms with van der Waals surface area (Å²) in [6.45, 7) is 1.20. The Kier molecular flexibility index (Phi) is 5.09. The van der Waals surface area contributed by atoms with Crippen molar-refractivity contribution in [2.45, 2.75) is 13.0 Å². The Morgan fingerprint density at radius 3 is 1.64 bits per heavy atom. The smallest absolute Gasteiger partial charge is 0.332 e. The van der Waals surface area contributed by atoms with Crippen molar-refractivity contribution in [3.05, 3.63) is 24.3 Å². The summed E-state index contributed by atoms with van der Waals surface area (Å²) in [5.74, 6) is -1.34. The van der Waals surface area contributed by atoms with E-state index in [0.717, 1.165) is 0 Å². The van der Waals surface area contributed by atoms with Gasteiger partial charge in [0.25, 0.3) is 0 Å². The molecule has 1 atom stereocenters. The van der Waals surface area contributed by atoms with E-state index in [9.17, 15) is 4.79 Å². The zero-order valence-corrected chi connectivity index (χ0v) is 7.58. The Balaban J connectivity index is 0.000000255. The van der Waals surface area contributed by atoms with Crippen molar-refractivity contribution in [3.63, 3.8) is 0 Å². The number of carboxylic acid groups (broad SMARTS) is 1. The zero-order chi connectivity index (χ0) is 11.1. The molecule has 0 aromatic heterocycles. The van der Waals surface area contributed by atoms with Gasteiger partial charge in [0.2, 0.25) is 0 Å². The van der Waals surface area contributed by atoms with Crippen LogP contribution < -0.4 is 0 Å². The highest BCUT2D eigenvalue weighted by Crippen LogP contribution is 2.21. The van der Waals surface area contributed by atoms with Gasteiger partial charge in [-0.25, -0.2) is 4.79 Å². The van der Waals surface area contributed by atoms with E-state index in [1.54, 1.807) is 12.1 Å². The van der Waals surface area contributed by atoms with E-state index in [2.05, 4.69) is 0 Å². The number of para-hydroxylation sites is 2. The number of rotatable bonds is 1. The summed E-state index contributed by atoms with van der Waals surface area (Å²) in [5, 5.41) is 33.1. The molecule has 1 rings (SSSR count). The van der Waals surface area contributed by atoms with E-state index in [0.29, 0.717) is 0 Å². The number of hydrogen-bond donors (Lipinski definition) is 4. The van der Waals surface area contributed by atoms with Crippen LogP contribution in [0.25, 0.3) is 0 Å². The highest BCUT2D eigenvalue weighted by atomic mass is 16.4. The lowest BCUT2D eigenvalue weighted by atomic mass is 10.3. The first kappa shape index (κ1) is 12.2. The second kappa shape index (κ2) is 5.82. The minimum absolute atomic E-state index is 0.0764. The number of aliphatic carboxylic acids is 1. The Morgan fingerprint density at radius 2 is 1.50 bits per heavy atom. The standard InChI is InChI=1S/C6H6O2.C3H6O3/c7-5-3-1-2-4-6(5)8;1-2(4)3(5)6/h1-4,7-8H;2,4H,1H3,(H,5,6). The molecular weight excluding hydrogens is 188 g/mol. The molecule has 0 aliphatic heterocycles. The van der Waals surface area contributed by atoms with Crippen LogP contribution in [0.5, 0.6) is 11.5 Å². The summed E-state index contributed by atoms with van der Waals surface area (Å²) in [6, 6.07) is 6.15. The molecule has 0 amide bonds. The quantitative estimate of drug-likeness (QED) is 0.496. The van der Waals surface area contributed by atoms with Crippen LogP contribution in [0.2, 0.25) is 0 Å². The summed E-state index contributed by atoms with van der Waals surface area (Å²) < 4.78 is 0. The summed E-state index contributed by atoms with van der Waals surface area (Å²) in [5.41, 5.74) is 0. The monoisotopic (exact) mass is 200 g/mol. The molecule has 4 N–H and O–H groups in total. The molecule has 14 heavy (non-hydrogen) atoms. The second-order valence-electron chi connectivity index (χ2n) is 2.50. The van der Waals surface area contributed by atoms with Gasteiger partial charge in [0.1, 0.15) is 6.10 Å². The van der Waals surface area contributed by atoms with Crippen LogP contribution in [-0.4, -0.2) is 32.5 Å². The molecule has 1 aromatic rings. The first-order chi connectivity index (χ1) is 6.45. The fourth-order valence-electron chi connectivity index (χ4n) is 0.464. The minimum atomic E-state index is -1.23. The lowest BCUT2D eigenvalue weighted by Crippen LogP contribution is -2.13. The van der Waals surface area contributed by atoms with E-state index in [1.807, 2.05) is 0 Å². The minimum Gasteiger partial charge on any atom is -0.504 e. The number of phenols is 2. The number of aliphatic hydroxyl groups is 1. The van der Waals surface area contributed by atoms with Crippen LogP contribution in [-0.2, 0) is 4.79 Å². The topological polar surface area (TPSA) is 98.0 Å². The summed E-state index contributed by atoms with van der Waals surface area (Å²) in [6.07, 6.45) is -1.23. The number of carbonyl (C=O) groups is 1. The van der Waals surface area contributed by atoms with Gasteiger partial charge in [0.15, 0.2) is 11.5 Å². The van der Waals surface area contributed by atoms with E-state index >= 15 is 0 Å². The largest absolute Gasteiger partial charge is 0.504 e. The van der Waals surface area contributed by atoms with Crippen molar-refractivity contribution in [2.75, 3.05) is 0 Å². The first-order valence-electron chi connectivity index (χ1n) is 3.83. The third-order valence-corrected chi connectivity index (χ3v) is 1.24. The third kappa shape index (κ3) is 5.00. The van der Waals surface area contributed by atoms with Gasteiger partial charge in [0.05, 0.1) is 0 Å². The van der Waals surface area contributed by atoms with Crippen LogP contribution in [0, 0.1) is 0 Å². The van der Waals surface area contributed by atoms with Crippen molar-refractivity contribution in [2.24, 2.45) is 0 Å². The van der Waals surface area contributed by atoms with Gasteiger partial charge in [-0.2, -0.15) is 0 Å². The molecule has 0 aliphatic carbocycles. The van der Waals surface area contributed by atoms with Crippen LogP contribution in [0.4, 0.5) is 0 Å². The molecular formula is C9H12O5. The van der Waals surface area contributed by atoms with Gasteiger partial charge in [-0.15, -0.1) is 0 Å². The molecule has 1 unspecified atom stereocenters. The molecule has 0 spiro atoms. The average Bonchev–Trinajstić information content (AvgIpc) is 2.11. The summed E-state index contributed by atoms with van der Waals surface area (Å²) >= 11 is 0. The van der Waals surface area contributed by atoms with Crippen molar-refractivity contribution < 1.29 is 25.2 Å². The average molecular weight is 200 g/mol. The van der Waals surface area contributed by atoms with Gasteiger partial charge in [-0.3, -0.25) is 0 Å². The Labute approximate surface area is 80.9 Å². The molecule has 5 heteroatoms. The maximum atomic E-state index is 9.45. The van der Waals surface area contributed by atoms with Crippen LogP contribution in [0.15, 0.2) is 24.3 Å². The molecule has 0 heterocycles. The van der Waals surface area contributed by atoms with Gasteiger partial charge < -0.3 is 20.4 Å². The fourth-order valence-corrected chi connectivity index (χ4v) is 0.464. The van der Waals surface area contributed by atoms with Gasteiger partial charge in [-0.1, -0.05) is 12.1 Å². The molecule has 0 saturated carbocycles. The molecule has 1 aromatic carbocycles. The molecule has 0 saturated heterocycles. The number of carboxylic acids is 1. The maximum Gasteiger partial charge on any atom is 0.332 e. The molecule has 0 bridgehead atoms. The number of aromatic hydroxyl groups is 2. The fraction of sp³-hybridized carbons (Fsp3) is 0.222. The first-order valence-corrected chi connectivity index (χ1v) is 3.83. The van der Waals surface area contributed by atoms with E-state index in [4.69, 9.17) is 20.4 Å². The van der Waals surface area contributed by atoms with Crippen molar-refractivity contribution in [3.8, 4) is 11.5 Å². The SMILES string of the molecule is CC(O)C(=O)O.Oc1ccccc1O. The molecule has 78 valence electrons. The Morgan fingerprint density at radius 1 is 1.21 bits per heavy atom. The highest BCUT2D eigenvalue weighted by molar-refractivity contribution is 5.71. The van der Waals surface area contributed by atoms with Crippen LogP contribution in [0.1, 0.15) is 6.92 Å². The third-order valence-electron chi connectivity index (χ3n) is 1.24. The van der Waals surface area contributed by atoms with Gasteiger partial charge >= 0.3 is 5.97 Å². The van der Waals surface area contributed by atoms with Crippen molar-refractivity contribution in [1.82, 2.24) is 0 Å². The Hall–Kier alpha value is -1.75. The number of phenolic OH excluding ortho intramolecular Hbond substituents is 2. The zero-order valence-electron chi connectivity index (χ0n) is 7.58. The predicted molar refractivity (Wildman–Crippen MR) is 49.1 cm³/mol. The van der Waals surface area contributed by atoms with E-state index in [-0.39, 0.29) is 11.5 Å². The lowest BCUT2D eigenvalue weighted by Gasteiger charge is -1.91. The normalized spacial score (nSPS) is 11.0. The van der Waals surface area contributed by atoms with E-state index in [1.165, 1.54) is 19.1 Å². The van der Waals surface area contributed by atoms with Gasteiger partial charge in [-0.05, 0) is 19.1 Å². The molecule has 0 fully saturated rings. The van der Waals surface area contributed by atoms with Crippen LogP contribution >= 0.6 is 0 Å². The number of hydrogen-bond acceptors (Lipinski definition) is 4. The van der Waals surface area contributed by atoms with Gasteiger partial charge in [0, 0.05) is 0 Å². The van der Waals surface area contributed by atoms with Crippen LogP contribution in [0.3, 0.4) is 0 Å². The Bertz CT molecular complexity index is 274.